The van der Waals surface area contributed by atoms with Crippen LogP contribution in [0, 0.1) is 5.82 Å². The van der Waals surface area contributed by atoms with Crippen molar-refractivity contribution in [3.63, 3.8) is 0 Å². The summed E-state index contributed by atoms with van der Waals surface area (Å²) in [6.45, 7) is 0.254. The lowest BCUT2D eigenvalue weighted by molar-refractivity contribution is 0.396. The Morgan fingerprint density at radius 2 is 2.10 bits per heavy atom. The van der Waals surface area contributed by atoms with Gasteiger partial charge in [0, 0.05) is 12.6 Å². The number of sulfonamides is 1. The van der Waals surface area contributed by atoms with E-state index in [9.17, 15) is 12.8 Å². The van der Waals surface area contributed by atoms with Crippen molar-refractivity contribution in [1.82, 2.24) is 4.31 Å². The number of anilines is 1. The summed E-state index contributed by atoms with van der Waals surface area (Å²) in [4.78, 5) is -0.410. The lowest BCUT2D eigenvalue weighted by Crippen LogP contribution is -2.33. The van der Waals surface area contributed by atoms with E-state index in [0.29, 0.717) is 0 Å². The van der Waals surface area contributed by atoms with Crippen LogP contribution in [0.15, 0.2) is 39.9 Å². The van der Waals surface area contributed by atoms with E-state index in [0.717, 1.165) is 24.5 Å². The van der Waals surface area contributed by atoms with Crippen LogP contribution in [0.2, 0.25) is 0 Å². The van der Waals surface area contributed by atoms with Crippen LogP contribution in [0.3, 0.4) is 0 Å². The summed E-state index contributed by atoms with van der Waals surface area (Å²) in [5.41, 5.74) is 6.55. The third-order valence-corrected chi connectivity index (χ3v) is 6.16. The number of hydrogen-bond donors (Lipinski definition) is 1. The highest BCUT2D eigenvalue weighted by atomic mass is 32.2. The van der Waals surface area contributed by atoms with Gasteiger partial charge in [-0.25, -0.2) is 12.8 Å². The van der Waals surface area contributed by atoms with Crippen LogP contribution in [-0.4, -0.2) is 18.8 Å². The molecule has 0 atom stereocenters. The number of thiophene rings is 1. The van der Waals surface area contributed by atoms with Crippen LogP contribution in [0.5, 0.6) is 0 Å². The van der Waals surface area contributed by atoms with Crippen molar-refractivity contribution in [1.29, 1.82) is 0 Å². The van der Waals surface area contributed by atoms with Crippen molar-refractivity contribution in [2.45, 2.75) is 30.3 Å². The molecule has 3 rings (SSSR count). The molecule has 1 aromatic carbocycles. The number of benzene rings is 1. The first-order valence-electron chi connectivity index (χ1n) is 6.57. The summed E-state index contributed by atoms with van der Waals surface area (Å²) in [5, 5.41) is 3.79. The molecule has 0 amide bonds. The van der Waals surface area contributed by atoms with Crippen molar-refractivity contribution < 1.29 is 12.8 Å². The van der Waals surface area contributed by atoms with Gasteiger partial charge in [0.2, 0.25) is 10.0 Å². The van der Waals surface area contributed by atoms with E-state index in [1.54, 1.807) is 0 Å². The van der Waals surface area contributed by atoms with Gasteiger partial charge in [-0.3, -0.25) is 0 Å². The molecule has 2 aromatic rings. The predicted octanol–water partition coefficient (Wildman–Crippen LogP) is 2.82. The second kappa shape index (κ2) is 5.40. The second-order valence-corrected chi connectivity index (χ2v) is 7.68. The van der Waals surface area contributed by atoms with Crippen molar-refractivity contribution in [2.24, 2.45) is 0 Å². The Kier molecular flexibility index (Phi) is 3.73. The molecule has 0 spiro atoms. The fourth-order valence-electron chi connectivity index (χ4n) is 2.25. The zero-order valence-corrected chi connectivity index (χ0v) is 12.8. The van der Waals surface area contributed by atoms with E-state index in [-0.39, 0.29) is 18.3 Å². The van der Waals surface area contributed by atoms with E-state index in [1.165, 1.54) is 27.8 Å². The van der Waals surface area contributed by atoms with Crippen LogP contribution in [0.1, 0.15) is 18.4 Å². The van der Waals surface area contributed by atoms with Gasteiger partial charge in [0.15, 0.2) is 0 Å². The lowest BCUT2D eigenvalue weighted by Gasteiger charge is -2.22. The summed E-state index contributed by atoms with van der Waals surface area (Å²) in [5.74, 6) is -0.800. The fourth-order valence-corrected chi connectivity index (χ4v) is 4.75. The molecule has 112 valence electrons. The minimum Gasteiger partial charge on any atom is -0.398 e. The Labute approximate surface area is 127 Å². The molecule has 0 radical (unpaired) electrons. The minimum atomic E-state index is -3.94. The first kappa shape index (κ1) is 14.5. The van der Waals surface area contributed by atoms with Crippen LogP contribution in [0.25, 0.3) is 0 Å². The summed E-state index contributed by atoms with van der Waals surface area (Å²) in [6.07, 6.45) is 1.61. The average Bonchev–Trinajstić information content (AvgIpc) is 3.11. The molecule has 0 aliphatic heterocycles. The first-order valence-corrected chi connectivity index (χ1v) is 8.95. The minimum absolute atomic E-state index is 0.0500. The van der Waals surface area contributed by atoms with Crippen LogP contribution in [-0.2, 0) is 16.6 Å². The lowest BCUT2D eigenvalue weighted by atomic mass is 10.3. The van der Waals surface area contributed by atoms with Gasteiger partial charge in [-0.05, 0) is 47.4 Å². The third kappa shape index (κ3) is 2.81. The van der Waals surface area contributed by atoms with E-state index >= 15 is 0 Å². The largest absolute Gasteiger partial charge is 0.398 e. The van der Waals surface area contributed by atoms with Crippen molar-refractivity contribution >= 4 is 27.0 Å². The van der Waals surface area contributed by atoms with Crippen molar-refractivity contribution in [3.8, 4) is 0 Å². The second-order valence-electron chi connectivity index (χ2n) is 5.07. The molecule has 0 saturated heterocycles. The predicted molar refractivity (Wildman–Crippen MR) is 80.9 cm³/mol. The van der Waals surface area contributed by atoms with Gasteiger partial charge in [0.1, 0.15) is 10.7 Å². The SMILES string of the molecule is Nc1cccc(F)c1S(=O)(=O)N(Cc1ccsc1)C1CC1. The highest BCUT2D eigenvalue weighted by Gasteiger charge is 2.40. The summed E-state index contributed by atoms with van der Waals surface area (Å²) >= 11 is 1.51. The molecule has 1 saturated carbocycles. The maximum atomic E-state index is 14.0. The van der Waals surface area contributed by atoms with Crippen molar-refractivity contribution in [3.05, 3.63) is 46.4 Å². The zero-order chi connectivity index (χ0) is 15.0. The van der Waals surface area contributed by atoms with E-state index in [1.807, 2.05) is 16.8 Å². The van der Waals surface area contributed by atoms with E-state index in [2.05, 4.69) is 0 Å². The maximum absolute atomic E-state index is 14.0. The highest BCUT2D eigenvalue weighted by Crippen LogP contribution is 2.36. The average molecular weight is 326 g/mol. The first-order chi connectivity index (χ1) is 10.00. The van der Waals surface area contributed by atoms with Crippen LogP contribution >= 0.6 is 11.3 Å². The molecule has 2 N–H and O–H groups in total. The Morgan fingerprint density at radius 3 is 2.67 bits per heavy atom. The molecule has 1 aliphatic rings. The third-order valence-electron chi connectivity index (χ3n) is 3.44. The Bertz CT molecular complexity index is 720. The zero-order valence-electron chi connectivity index (χ0n) is 11.2. The summed E-state index contributed by atoms with van der Waals surface area (Å²) in [7, 11) is -3.94. The fraction of sp³-hybridized carbons (Fsp3) is 0.286. The molecule has 1 aromatic heterocycles. The van der Waals surface area contributed by atoms with Gasteiger partial charge in [0.05, 0.1) is 5.69 Å². The molecule has 0 bridgehead atoms. The number of nitrogens with two attached hydrogens (primary N) is 1. The number of rotatable bonds is 5. The molecular weight excluding hydrogens is 311 g/mol. The topological polar surface area (TPSA) is 63.4 Å². The Hall–Kier alpha value is -1.44. The monoisotopic (exact) mass is 326 g/mol. The Morgan fingerprint density at radius 1 is 1.33 bits per heavy atom. The number of hydrogen-bond acceptors (Lipinski definition) is 4. The molecule has 0 unspecified atom stereocenters. The summed E-state index contributed by atoms with van der Waals surface area (Å²) < 4.78 is 40.9. The van der Waals surface area contributed by atoms with E-state index < -0.39 is 20.7 Å². The van der Waals surface area contributed by atoms with Gasteiger partial charge < -0.3 is 5.73 Å². The van der Waals surface area contributed by atoms with Gasteiger partial charge in [-0.2, -0.15) is 15.6 Å². The van der Waals surface area contributed by atoms with Crippen LogP contribution in [0.4, 0.5) is 10.1 Å². The van der Waals surface area contributed by atoms with Gasteiger partial charge in [-0.1, -0.05) is 6.07 Å². The standard InChI is InChI=1S/C14H15FN2O2S2/c15-12-2-1-3-13(16)14(12)21(18,19)17(11-4-5-11)8-10-6-7-20-9-10/h1-3,6-7,9,11H,4-5,8,16H2. The van der Waals surface area contributed by atoms with Gasteiger partial charge in [-0.15, -0.1) is 0 Å². The summed E-state index contributed by atoms with van der Waals surface area (Å²) in [6, 6.07) is 5.75. The van der Waals surface area contributed by atoms with Gasteiger partial charge >= 0.3 is 0 Å². The molecule has 7 heteroatoms. The molecule has 1 aliphatic carbocycles. The smallest absolute Gasteiger partial charge is 0.248 e. The highest BCUT2D eigenvalue weighted by molar-refractivity contribution is 7.89. The molecule has 4 nitrogen and oxygen atoms in total. The molecule has 1 fully saturated rings. The quantitative estimate of drug-likeness (QED) is 0.859. The molecule has 1 heterocycles. The van der Waals surface area contributed by atoms with Crippen molar-refractivity contribution in [2.75, 3.05) is 5.73 Å². The number of nitrogens with zero attached hydrogens (tertiary/aromatic N) is 1. The molecular formula is C14H15FN2O2S2. The molecule has 21 heavy (non-hydrogen) atoms. The number of halogens is 1. The normalized spacial score (nSPS) is 15.5. The van der Waals surface area contributed by atoms with Crippen LogP contribution < -0.4 is 5.73 Å². The van der Waals surface area contributed by atoms with E-state index in [4.69, 9.17) is 5.73 Å². The Balaban J connectivity index is 2.01. The maximum Gasteiger partial charge on any atom is 0.248 e. The van der Waals surface area contributed by atoms with Gasteiger partial charge in [0.25, 0.3) is 0 Å². The number of nitrogen functional groups attached to an aromatic ring is 1.